The molecule has 0 bridgehead atoms. The highest BCUT2D eigenvalue weighted by Gasteiger charge is 2.09. The second kappa shape index (κ2) is 6.81. The Kier molecular flexibility index (Phi) is 4.37. The zero-order valence-corrected chi connectivity index (χ0v) is 15.0. The van der Waals surface area contributed by atoms with Gasteiger partial charge in [0.15, 0.2) is 4.34 Å². The van der Waals surface area contributed by atoms with Crippen LogP contribution in [0.3, 0.4) is 0 Å². The second-order valence-corrected chi connectivity index (χ2v) is 7.45. The van der Waals surface area contributed by atoms with Crippen molar-refractivity contribution in [1.82, 2.24) is 20.0 Å². The van der Waals surface area contributed by atoms with Gasteiger partial charge in [-0.05, 0) is 37.3 Å². The highest BCUT2D eigenvalue weighted by Crippen LogP contribution is 2.32. The lowest BCUT2D eigenvalue weighted by molar-refractivity contribution is 0.341. The summed E-state index contributed by atoms with van der Waals surface area (Å²) in [5.41, 5.74) is 1.39. The highest BCUT2D eigenvalue weighted by molar-refractivity contribution is 8.00. The molecule has 0 N–H and O–H groups in total. The number of benzene rings is 2. The molecule has 0 aliphatic carbocycles. The number of nitrogens with zero attached hydrogens (tertiary/aromatic N) is 4. The summed E-state index contributed by atoms with van der Waals surface area (Å²) in [4.78, 5) is 17.0. The lowest BCUT2D eigenvalue weighted by Gasteiger charge is -2.02. The zero-order valence-electron chi connectivity index (χ0n) is 13.4. The van der Waals surface area contributed by atoms with Gasteiger partial charge >= 0.3 is 0 Å². The van der Waals surface area contributed by atoms with Crippen LogP contribution in [0.5, 0.6) is 5.75 Å². The van der Waals surface area contributed by atoms with Crippen LogP contribution in [0.25, 0.3) is 21.1 Å². The van der Waals surface area contributed by atoms with E-state index in [1.165, 1.54) is 16.4 Å². The van der Waals surface area contributed by atoms with Crippen LogP contribution in [0, 0.1) is 0 Å². The topological polar surface area (TPSA) is 69.9 Å². The first-order chi connectivity index (χ1) is 12.2. The van der Waals surface area contributed by atoms with Crippen molar-refractivity contribution in [3.63, 3.8) is 0 Å². The van der Waals surface area contributed by atoms with Crippen LogP contribution in [0.2, 0.25) is 0 Å². The molecule has 2 aromatic carbocycles. The van der Waals surface area contributed by atoms with E-state index >= 15 is 0 Å². The van der Waals surface area contributed by atoms with Crippen LogP contribution in [0.15, 0.2) is 51.6 Å². The molecule has 0 amide bonds. The number of ether oxygens (including phenoxy) is 1. The van der Waals surface area contributed by atoms with Crippen molar-refractivity contribution in [1.29, 1.82) is 0 Å². The van der Waals surface area contributed by atoms with Crippen molar-refractivity contribution in [2.45, 2.75) is 17.1 Å². The number of thiazole rings is 1. The van der Waals surface area contributed by atoms with Crippen LogP contribution in [-0.2, 0) is 5.88 Å². The molecule has 0 fully saturated rings. The Morgan fingerprint density at radius 1 is 1.20 bits per heavy atom. The molecule has 2 aromatic heterocycles. The minimum absolute atomic E-state index is 0.141. The third-order valence-corrected chi connectivity index (χ3v) is 5.72. The quantitative estimate of drug-likeness (QED) is 0.500. The molecular weight excluding hydrogens is 356 g/mol. The Labute approximate surface area is 151 Å². The zero-order chi connectivity index (χ0) is 17.2. The summed E-state index contributed by atoms with van der Waals surface area (Å²) in [5.74, 6) is 1.21. The Hall–Kier alpha value is -2.45. The molecule has 0 saturated carbocycles. The second-order valence-electron chi connectivity index (χ2n) is 5.23. The fraction of sp³-hybridized carbons (Fsp3) is 0.176. The van der Waals surface area contributed by atoms with Gasteiger partial charge in [0.25, 0.3) is 5.56 Å². The van der Waals surface area contributed by atoms with Crippen LogP contribution >= 0.6 is 23.1 Å². The van der Waals surface area contributed by atoms with E-state index in [-0.39, 0.29) is 5.56 Å². The lowest BCUT2D eigenvalue weighted by Crippen LogP contribution is -2.23. The van der Waals surface area contributed by atoms with E-state index in [1.54, 1.807) is 23.5 Å². The molecule has 0 aliphatic heterocycles. The number of hydrogen-bond donors (Lipinski definition) is 0. The molecule has 0 saturated heterocycles. The number of aromatic nitrogens is 4. The predicted octanol–water partition coefficient (Wildman–Crippen LogP) is 3.55. The largest absolute Gasteiger partial charge is 0.494 e. The summed E-state index contributed by atoms with van der Waals surface area (Å²) >= 11 is 3.04. The number of thioether (sulfide) groups is 1. The molecular formula is C17H14N4O2S2. The van der Waals surface area contributed by atoms with E-state index in [4.69, 9.17) is 4.74 Å². The van der Waals surface area contributed by atoms with E-state index in [0.717, 1.165) is 20.3 Å². The van der Waals surface area contributed by atoms with Crippen molar-refractivity contribution < 1.29 is 4.74 Å². The molecule has 0 radical (unpaired) electrons. The molecule has 0 aliphatic rings. The van der Waals surface area contributed by atoms with Gasteiger partial charge in [0.05, 0.1) is 28.1 Å². The maximum absolute atomic E-state index is 12.5. The summed E-state index contributed by atoms with van der Waals surface area (Å²) in [5, 5.41) is 8.67. The molecule has 4 rings (SSSR count). The first-order valence-electron chi connectivity index (χ1n) is 7.73. The van der Waals surface area contributed by atoms with Gasteiger partial charge in [0, 0.05) is 0 Å². The summed E-state index contributed by atoms with van der Waals surface area (Å²) < 4.78 is 8.82. The Balaban J connectivity index is 1.58. The molecule has 0 spiro atoms. The van der Waals surface area contributed by atoms with Crippen molar-refractivity contribution in [2.24, 2.45) is 0 Å². The summed E-state index contributed by atoms with van der Waals surface area (Å²) in [6.45, 7) is 2.59. The molecule has 25 heavy (non-hydrogen) atoms. The van der Waals surface area contributed by atoms with E-state index < -0.39 is 0 Å². The van der Waals surface area contributed by atoms with Gasteiger partial charge < -0.3 is 4.74 Å². The van der Waals surface area contributed by atoms with Gasteiger partial charge in [-0.2, -0.15) is 4.68 Å². The standard InChI is InChI=1S/C17H14N4O2S2/c1-2-23-11-7-8-14-15(9-11)25-17(18-14)24-10-21-16(22)12-5-3-4-6-13(12)19-20-21/h3-9H,2,10H2,1H3. The van der Waals surface area contributed by atoms with Crippen molar-refractivity contribution in [2.75, 3.05) is 6.61 Å². The Morgan fingerprint density at radius 2 is 2.08 bits per heavy atom. The summed E-state index contributed by atoms with van der Waals surface area (Å²) in [7, 11) is 0. The summed E-state index contributed by atoms with van der Waals surface area (Å²) in [6.07, 6.45) is 0. The van der Waals surface area contributed by atoms with Gasteiger partial charge in [-0.25, -0.2) is 4.98 Å². The average Bonchev–Trinajstić information content (AvgIpc) is 3.04. The van der Waals surface area contributed by atoms with Gasteiger partial charge in [-0.15, -0.1) is 16.4 Å². The number of hydrogen-bond acceptors (Lipinski definition) is 7. The monoisotopic (exact) mass is 370 g/mol. The third-order valence-electron chi connectivity index (χ3n) is 3.59. The third kappa shape index (κ3) is 3.22. The van der Waals surface area contributed by atoms with E-state index in [0.29, 0.717) is 23.4 Å². The van der Waals surface area contributed by atoms with E-state index in [1.807, 2.05) is 37.3 Å². The summed E-state index contributed by atoms with van der Waals surface area (Å²) in [6, 6.07) is 13.1. The van der Waals surface area contributed by atoms with Crippen LogP contribution in [0.1, 0.15) is 6.92 Å². The van der Waals surface area contributed by atoms with Gasteiger partial charge in [0.2, 0.25) is 0 Å². The Morgan fingerprint density at radius 3 is 2.96 bits per heavy atom. The van der Waals surface area contributed by atoms with E-state index in [2.05, 4.69) is 15.3 Å². The fourth-order valence-corrected chi connectivity index (χ4v) is 4.38. The van der Waals surface area contributed by atoms with Crippen LogP contribution < -0.4 is 10.3 Å². The minimum atomic E-state index is -0.141. The Bertz CT molecular complexity index is 1110. The molecule has 8 heteroatoms. The van der Waals surface area contributed by atoms with Crippen molar-refractivity contribution in [3.05, 3.63) is 52.8 Å². The SMILES string of the molecule is CCOc1ccc2nc(SCn3nnc4ccccc4c3=O)sc2c1. The normalized spacial score (nSPS) is 11.2. The lowest BCUT2D eigenvalue weighted by atomic mass is 10.2. The molecule has 0 atom stereocenters. The minimum Gasteiger partial charge on any atom is -0.494 e. The fourth-order valence-electron chi connectivity index (χ4n) is 2.43. The average molecular weight is 370 g/mol. The first kappa shape index (κ1) is 16.0. The van der Waals surface area contributed by atoms with Crippen LogP contribution in [0.4, 0.5) is 0 Å². The van der Waals surface area contributed by atoms with Gasteiger partial charge in [-0.3, -0.25) is 4.79 Å². The van der Waals surface area contributed by atoms with Crippen molar-refractivity contribution in [3.8, 4) is 5.75 Å². The molecule has 4 aromatic rings. The predicted molar refractivity (Wildman–Crippen MR) is 100 cm³/mol. The number of rotatable bonds is 5. The number of fused-ring (bicyclic) bond motifs is 2. The van der Waals surface area contributed by atoms with Crippen molar-refractivity contribution >= 4 is 44.2 Å². The van der Waals surface area contributed by atoms with Crippen LogP contribution in [-0.4, -0.2) is 26.6 Å². The smallest absolute Gasteiger partial charge is 0.278 e. The van der Waals surface area contributed by atoms with Gasteiger partial charge in [0.1, 0.15) is 11.3 Å². The van der Waals surface area contributed by atoms with E-state index in [9.17, 15) is 4.79 Å². The molecule has 2 heterocycles. The maximum Gasteiger partial charge on any atom is 0.278 e. The maximum atomic E-state index is 12.5. The first-order valence-corrected chi connectivity index (χ1v) is 9.53. The molecule has 126 valence electrons. The molecule has 0 unspecified atom stereocenters. The van der Waals surface area contributed by atoms with Gasteiger partial charge in [-0.1, -0.05) is 29.1 Å². The molecule has 6 nitrogen and oxygen atoms in total. The highest BCUT2D eigenvalue weighted by atomic mass is 32.2.